The van der Waals surface area contributed by atoms with E-state index >= 15 is 8.78 Å². The summed E-state index contributed by atoms with van der Waals surface area (Å²) >= 11 is 0. The summed E-state index contributed by atoms with van der Waals surface area (Å²) in [5, 5.41) is 6.28. The number of hydrogen-bond acceptors (Lipinski definition) is 9. The highest BCUT2D eigenvalue weighted by Gasteiger charge is 2.34. The maximum atomic E-state index is 15.1. The fourth-order valence-electron chi connectivity index (χ4n) is 4.77. The van der Waals surface area contributed by atoms with E-state index < -0.39 is 35.7 Å². The smallest absolute Gasteiger partial charge is 0.414 e. The molecular formula is C26H29F2N5O7. The van der Waals surface area contributed by atoms with Gasteiger partial charge in [-0.3, -0.25) is 19.3 Å². The third kappa shape index (κ3) is 6.00. The fraction of sp³-hybridized carbons (Fsp3) is 0.500. The topological polar surface area (TPSA) is 135 Å². The Morgan fingerprint density at radius 1 is 1.10 bits per heavy atom. The van der Waals surface area contributed by atoms with Crippen molar-refractivity contribution in [1.82, 2.24) is 15.4 Å². The van der Waals surface area contributed by atoms with Crippen LogP contribution in [-0.2, 0) is 19.1 Å². The Hall–Kier alpha value is -4.23. The Morgan fingerprint density at radius 3 is 2.45 bits per heavy atom. The lowest BCUT2D eigenvalue weighted by atomic mass is 10.1. The minimum Gasteiger partial charge on any atom is -0.469 e. The number of methoxy groups -OCH3 is 1. The second-order valence-electron chi connectivity index (χ2n) is 9.93. The first-order valence-corrected chi connectivity index (χ1v) is 13.0. The molecule has 3 aliphatic rings. The molecule has 1 aromatic carbocycles. The van der Waals surface area contributed by atoms with Gasteiger partial charge in [0.05, 0.1) is 25.9 Å². The third-order valence-electron chi connectivity index (χ3n) is 7.18. The summed E-state index contributed by atoms with van der Waals surface area (Å²) in [6.45, 7) is 0.541. The van der Waals surface area contributed by atoms with Crippen molar-refractivity contribution < 1.29 is 42.0 Å². The number of ether oxygens (including phenoxy) is 2. The van der Waals surface area contributed by atoms with Crippen molar-refractivity contribution in [2.24, 2.45) is 0 Å². The second kappa shape index (κ2) is 11.5. The standard InChI is InChI=1S/C26H29F2N5O7/c1-38-23(35)5-4-17-14-33(26(37)39-17)16-10-18(27)24(19(28)11-16)32-8-6-31(7-9-32)22(34)13-29-25(36)20-12-21(40-30-20)15-2-3-15/h10-12,15,17H,2-9,13-14H2,1H3,(H,29,36)/t17-/m0/s1. The van der Waals surface area contributed by atoms with E-state index in [2.05, 4.69) is 15.2 Å². The van der Waals surface area contributed by atoms with Crippen LogP contribution in [0.5, 0.6) is 0 Å². The Kier molecular flexibility index (Phi) is 7.85. The van der Waals surface area contributed by atoms with Crippen molar-refractivity contribution in [3.05, 3.63) is 41.3 Å². The van der Waals surface area contributed by atoms with Gasteiger partial charge in [0.1, 0.15) is 17.6 Å². The molecule has 2 aliphatic heterocycles. The quantitative estimate of drug-likeness (QED) is 0.457. The SMILES string of the molecule is COC(=O)CC[C@H]1CN(c2cc(F)c(N3CCN(C(=O)CNC(=O)c4cc(C5CC5)on4)CC3)c(F)c2)C(=O)O1. The molecule has 1 N–H and O–H groups in total. The second-order valence-corrected chi connectivity index (χ2v) is 9.93. The number of esters is 1. The van der Waals surface area contributed by atoms with Gasteiger partial charge >= 0.3 is 12.1 Å². The van der Waals surface area contributed by atoms with Crippen molar-refractivity contribution in [3.8, 4) is 0 Å². The Labute approximate surface area is 228 Å². The van der Waals surface area contributed by atoms with Gasteiger partial charge in [-0.25, -0.2) is 13.6 Å². The summed E-state index contributed by atoms with van der Waals surface area (Å²) < 4.78 is 45.1. The average molecular weight is 562 g/mol. The van der Waals surface area contributed by atoms with Gasteiger partial charge < -0.3 is 29.1 Å². The van der Waals surface area contributed by atoms with Gasteiger partial charge in [0.2, 0.25) is 5.91 Å². The maximum absolute atomic E-state index is 15.1. The summed E-state index contributed by atoms with van der Waals surface area (Å²) in [7, 11) is 1.26. The number of nitrogens with zero attached hydrogens (tertiary/aromatic N) is 4. The number of cyclic esters (lactones) is 1. The molecule has 12 nitrogen and oxygen atoms in total. The normalized spacial score (nSPS) is 19.0. The monoisotopic (exact) mass is 561 g/mol. The van der Waals surface area contributed by atoms with Crippen LogP contribution in [-0.4, -0.2) is 86.4 Å². The van der Waals surface area contributed by atoms with Gasteiger partial charge in [0, 0.05) is 56.7 Å². The van der Waals surface area contributed by atoms with Gasteiger partial charge in [0.15, 0.2) is 17.3 Å². The van der Waals surface area contributed by atoms with Crippen molar-refractivity contribution >= 4 is 35.3 Å². The largest absolute Gasteiger partial charge is 0.469 e. The molecule has 1 aromatic heterocycles. The first-order chi connectivity index (χ1) is 19.2. The number of nitrogens with one attached hydrogen (secondary N) is 1. The van der Waals surface area contributed by atoms with Crippen LogP contribution in [0.15, 0.2) is 22.7 Å². The Morgan fingerprint density at radius 2 is 1.80 bits per heavy atom. The number of hydrogen-bond donors (Lipinski definition) is 1. The molecule has 214 valence electrons. The average Bonchev–Trinajstić information content (AvgIpc) is 3.55. The number of amides is 3. The lowest BCUT2D eigenvalue weighted by Crippen LogP contribution is -2.51. The van der Waals surface area contributed by atoms with E-state index in [-0.39, 0.29) is 75.1 Å². The van der Waals surface area contributed by atoms with Crippen LogP contribution in [0.25, 0.3) is 0 Å². The highest BCUT2D eigenvalue weighted by molar-refractivity contribution is 5.95. The fourth-order valence-corrected chi connectivity index (χ4v) is 4.77. The van der Waals surface area contributed by atoms with Crippen LogP contribution >= 0.6 is 0 Å². The number of rotatable bonds is 9. The molecule has 0 bridgehead atoms. The zero-order valence-electron chi connectivity index (χ0n) is 21.9. The highest BCUT2D eigenvalue weighted by Crippen LogP contribution is 2.40. The first-order valence-electron chi connectivity index (χ1n) is 13.0. The zero-order valence-corrected chi connectivity index (χ0v) is 21.9. The van der Waals surface area contributed by atoms with Crippen LogP contribution in [0.3, 0.4) is 0 Å². The molecule has 2 saturated heterocycles. The molecule has 1 aliphatic carbocycles. The number of benzene rings is 1. The maximum Gasteiger partial charge on any atom is 0.414 e. The molecule has 5 rings (SSSR count). The Bertz CT molecular complexity index is 1280. The van der Waals surface area contributed by atoms with Gasteiger partial charge in [-0.15, -0.1) is 0 Å². The van der Waals surface area contributed by atoms with E-state index in [4.69, 9.17) is 9.26 Å². The van der Waals surface area contributed by atoms with Gasteiger partial charge in [0.25, 0.3) is 5.91 Å². The van der Waals surface area contributed by atoms with E-state index in [1.54, 1.807) is 6.07 Å². The molecule has 1 saturated carbocycles. The molecule has 3 amide bonds. The van der Waals surface area contributed by atoms with E-state index in [1.807, 2.05) is 0 Å². The number of carbonyl (C=O) groups excluding carboxylic acids is 4. The predicted octanol–water partition coefficient (Wildman–Crippen LogP) is 2.19. The molecule has 40 heavy (non-hydrogen) atoms. The van der Waals surface area contributed by atoms with E-state index in [9.17, 15) is 19.2 Å². The number of anilines is 2. The highest BCUT2D eigenvalue weighted by atomic mass is 19.1. The van der Waals surface area contributed by atoms with E-state index in [1.165, 1.54) is 16.9 Å². The molecule has 0 unspecified atom stereocenters. The van der Waals surface area contributed by atoms with Gasteiger partial charge in [-0.1, -0.05) is 5.16 Å². The third-order valence-corrected chi connectivity index (χ3v) is 7.18. The molecule has 14 heteroatoms. The van der Waals surface area contributed by atoms with Crippen molar-refractivity contribution in [3.63, 3.8) is 0 Å². The number of aromatic nitrogens is 1. The zero-order chi connectivity index (χ0) is 28.4. The number of carbonyl (C=O) groups is 4. The van der Waals surface area contributed by atoms with Crippen LogP contribution in [0.4, 0.5) is 25.0 Å². The van der Waals surface area contributed by atoms with Crippen LogP contribution in [0.1, 0.15) is 47.8 Å². The van der Waals surface area contributed by atoms with Crippen LogP contribution in [0.2, 0.25) is 0 Å². The molecule has 3 heterocycles. The number of halogens is 2. The molecule has 0 spiro atoms. The number of piperazine rings is 1. The molecule has 0 radical (unpaired) electrons. The van der Waals surface area contributed by atoms with Crippen LogP contribution < -0.4 is 15.1 Å². The summed E-state index contributed by atoms with van der Waals surface area (Å²) in [4.78, 5) is 52.6. The van der Waals surface area contributed by atoms with Crippen molar-refractivity contribution in [1.29, 1.82) is 0 Å². The van der Waals surface area contributed by atoms with Crippen LogP contribution in [0, 0.1) is 11.6 Å². The predicted molar refractivity (Wildman–Crippen MR) is 135 cm³/mol. The molecule has 3 fully saturated rings. The van der Waals surface area contributed by atoms with E-state index in [0.29, 0.717) is 11.7 Å². The summed E-state index contributed by atoms with van der Waals surface area (Å²) in [5.74, 6) is -2.02. The van der Waals surface area contributed by atoms with Gasteiger partial charge in [-0.2, -0.15) is 0 Å². The minimum atomic E-state index is -0.856. The lowest BCUT2D eigenvalue weighted by Gasteiger charge is -2.36. The Balaban J connectivity index is 1.13. The molecule has 1 atom stereocenters. The van der Waals surface area contributed by atoms with Crippen molar-refractivity contribution in [2.75, 3.05) is 56.2 Å². The first kappa shape index (κ1) is 27.3. The summed E-state index contributed by atoms with van der Waals surface area (Å²) in [6.07, 6.45) is 0.925. The van der Waals surface area contributed by atoms with Gasteiger partial charge in [-0.05, 0) is 19.3 Å². The molecular weight excluding hydrogens is 532 g/mol. The summed E-state index contributed by atoms with van der Waals surface area (Å²) in [6, 6.07) is 3.71. The molecule has 2 aromatic rings. The minimum absolute atomic E-state index is 0.00485. The van der Waals surface area contributed by atoms with E-state index in [0.717, 1.165) is 29.9 Å². The lowest BCUT2D eigenvalue weighted by molar-refractivity contribution is -0.141. The van der Waals surface area contributed by atoms with Crippen molar-refractivity contribution in [2.45, 2.75) is 37.7 Å². The summed E-state index contributed by atoms with van der Waals surface area (Å²) in [5.41, 5.74) is -0.130.